The van der Waals surface area contributed by atoms with Gasteiger partial charge >= 0.3 is 18.3 Å². The summed E-state index contributed by atoms with van der Waals surface area (Å²) in [6.45, 7) is -0.528. The first kappa shape index (κ1) is 15.0. The summed E-state index contributed by atoms with van der Waals surface area (Å²) in [4.78, 5) is 10.5. The molecule has 1 aliphatic heterocycles. The van der Waals surface area contributed by atoms with Crippen molar-refractivity contribution >= 4 is 5.97 Å². The van der Waals surface area contributed by atoms with Crippen molar-refractivity contribution in [2.75, 3.05) is 6.54 Å². The lowest BCUT2D eigenvalue weighted by Crippen LogP contribution is -2.47. The average molecular weight is 281 g/mol. The standard InChI is InChI=1S/C8H9F6NO3/c9-7(10,11)4-1-2-15(17)5(3-4)18-6(16)8(12,13)14/h4-5,17H,1-3H2. The molecule has 106 valence electrons. The van der Waals surface area contributed by atoms with Crippen LogP contribution in [0.3, 0.4) is 0 Å². The van der Waals surface area contributed by atoms with Gasteiger partial charge in [-0.2, -0.15) is 31.4 Å². The molecule has 0 aromatic heterocycles. The van der Waals surface area contributed by atoms with E-state index >= 15 is 0 Å². The van der Waals surface area contributed by atoms with Crippen LogP contribution in [0.1, 0.15) is 12.8 Å². The SMILES string of the molecule is O=C(OC1CC(C(F)(F)F)CCN1O)C(F)(F)F. The molecule has 1 rings (SSSR count). The first-order chi connectivity index (χ1) is 8.01. The van der Waals surface area contributed by atoms with E-state index in [0.717, 1.165) is 0 Å². The van der Waals surface area contributed by atoms with Gasteiger partial charge < -0.3 is 9.94 Å². The van der Waals surface area contributed by atoms with E-state index in [4.69, 9.17) is 5.21 Å². The lowest BCUT2D eigenvalue weighted by molar-refractivity contribution is -0.276. The summed E-state index contributed by atoms with van der Waals surface area (Å²) >= 11 is 0. The monoisotopic (exact) mass is 281 g/mol. The van der Waals surface area contributed by atoms with E-state index in [9.17, 15) is 31.1 Å². The van der Waals surface area contributed by atoms with Crippen molar-refractivity contribution in [1.82, 2.24) is 5.06 Å². The van der Waals surface area contributed by atoms with Crippen LogP contribution in [0.25, 0.3) is 0 Å². The first-order valence-electron chi connectivity index (χ1n) is 4.82. The second kappa shape index (κ2) is 4.92. The Morgan fingerprint density at radius 1 is 1.22 bits per heavy atom. The summed E-state index contributed by atoms with van der Waals surface area (Å²) in [5.74, 6) is -4.54. The van der Waals surface area contributed by atoms with Crippen LogP contribution in [0.4, 0.5) is 26.3 Å². The van der Waals surface area contributed by atoms with E-state index in [2.05, 4.69) is 4.74 Å². The number of hydrogen-bond acceptors (Lipinski definition) is 4. The lowest BCUT2D eigenvalue weighted by atomic mass is 9.96. The zero-order chi connectivity index (χ0) is 14.1. The molecule has 0 aromatic rings. The predicted octanol–water partition coefficient (Wildman–Crippen LogP) is 2.08. The Balaban J connectivity index is 2.66. The minimum atomic E-state index is -5.31. The molecular weight excluding hydrogens is 272 g/mol. The van der Waals surface area contributed by atoms with Gasteiger partial charge in [0, 0.05) is 13.0 Å². The predicted molar refractivity (Wildman–Crippen MR) is 43.2 cm³/mol. The second-order valence-electron chi connectivity index (χ2n) is 3.78. The van der Waals surface area contributed by atoms with Crippen LogP contribution < -0.4 is 0 Å². The number of carbonyl (C=O) groups excluding carboxylic acids is 1. The maximum absolute atomic E-state index is 12.4. The molecule has 0 bridgehead atoms. The number of rotatable bonds is 1. The van der Waals surface area contributed by atoms with Crippen molar-refractivity contribution in [2.45, 2.75) is 31.4 Å². The van der Waals surface area contributed by atoms with Crippen molar-refractivity contribution in [3.8, 4) is 0 Å². The Hall–Kier alpha value is -1.03. The average Bonchev–Trinajstić information content (AvgIpc) is 2.18. The number of nitrogens with zero attached hydrogens (tertiary/aromatic N) is 1. The van der Waals surface area contributed by atoms with Gasteiger partial charge in [-0.15, -0.1) is 0 Å². The van der Waals surface area contributed by atoms with Crippen LogP contribution >= 0.6 is 0 Å². The van der Waals surface area contributed by atoms with Gasteiger partial charge in [0.2, 0.25) is 0 Å². The largest absolute Gasteiger partial charge is 0.490 e. The van der Waals surface area contributed by atoms with Gasteiger partial charge in [0.15, 0.2) is 6.23 Å². The Morgan fingerprint density at radius 2 is 1.78 bits per heavy atom. The van der Waals surface area contributed by atoms with Crippen LogP contribution in [-0.4, -0.2) is 41.4 Å². The molecule has 2 atom stereocenters. The van der Waals surface area contributed by atoms with Gasteiger partial charge in [0.05, 0.1) is 5.92 Å². The first-order valence-corrected chi connectivity index (χ1v) is 4.82. The summed E-state index contributed by atoms with van der Waals surface area (Å²) in [6.07, 6.45) is -13.3. The molecule has 0 spiro atoms. The van der Waals surface area contributed by atoms with E-state index in [-0.39, 0.29) is 5.06 Å². The number of hydroxylamine groups is 2. The molecule has 0 radical (unpaired) electrons. The van der Waals surface area contributed by atoms with Crippen LogP contribution in [-0.2, 0) is 9.53 Å². The van der Waals surface area contributed by atoms with E-state index < -0.39 is 49.9 Å². The number of halogens is 6. The van der Waals surface area contributed by atoms with Crippen molar-refractivity contribution in [2.24, 2.45) is 5.92 Å². The van der Waals surface area contributed by atoms with Gasteiger partial charge in [0.25, 0.3) is 0 Å². The van der Waals surface area contributed by atoms with Crippen LogP contribution in [0.5, 0.6) is 0 Å². The topological polar surface area (TPSA) is 49.8 Å². The van der Waals surface area contributed by atoms with Crippen molar-refractivity contribution in [1.29, 1.82) is 0 Å². The summed E-state index contributed by atoms with van der Waals surface area (Å²) in [6, 6.07) is 0. The number of piperidine rings is 1. The van der Waals surface area contributed by atoms with E-state index in [0.29, 0.717) is 0 Å². The smallest absolute Gasteiger partial charge is 0.438 e. The second-order valence-corrected chi connectivity index (χ2v) is 3.78. The minimum absolute atomic E-state index is 0.159. The molecule has 2 unspecified atom stereocenters. The maximum Gasteiger partial charge on any atom is 0.490 e. The Kier molecular flexibility index (Phi) is 4.11. The van der Waals surface area contributed by atoms with Crippen LogP contribution in [0.15, 0.2) is 0 Å². The van der Waals surface area contributed by atoms with Crippen LogP contribution in [0.2, 0.25) is 0 Å². The van der Waals surface area contributed by atoms with Crippen molar-refractivity contribution in [3.63, 3.8) is 0 Å². The van der Waals surface area contributed by atoms with Gasteiger partial charge in [-0.3, -0.25) is 0 Å². The minimum Gasteiger partial charge on any atom is -0.438 e. The molecule has 0 saturated carbocycles. The molecule has 1 N–H and O–H groups in total. The Labute approximate surface area is 97.1 Å². The molecule has 0 amide bonds. The van der Waals surface area contributed by atoms with Gasteiger partial charge in [-0.05, 0) is 6.42 Å². The van der Waals surface area contributed by atoms with E-state index in [1.165, 1.54) is 0 Å². The fourth-order valence-corrected chi connectivity index (χ4v) is 1.51. The molecule has 0 aliphatic carbocycles. The molecule has 10 heteroatoms. The Morgan fingerprint density at radius 3 is 2.22 bits per heavy atom. The number of esters is 1. The number of ether oxygens (including phenoxy) is 1. The normalized spacial score (nSPS) is 27.1. The highest BCUT2D eigenvalue weighted by atomic mass is 19.4. The van der Waals surface area contributed by atoms with E-state index in [1.807, 2.05) is 0 Å². The zero-order valence-corrected chi connectivity index (χ0v) is 8.75. The highest BCUT2D eigenvalue weighted by Gasteiger charge is 2.48. The fraction of sp³-hybridized carbons (Fsp3) is 0.875. The maximum atomic E-state index is 12.4. The molecule has 1 fully saturated rings. The van der Waals surface area contributed by atoms with Crippen molar-refractivity contribution < 1.29 is 41.1 Å². The summed E-state index contributed by atoms with van der Waals surface area (Å²) in [7, 11) is 0. The summed E-state index contributed by atoms with van der Waals surface area (Å²) in [5, 5.41) is 9.25. The van der Waals surface area contributed by atoms with Gasteiger partial charge in [0.1, 0.15) is 0 Å². The quantitative estimate of drug-likeness (QED) is 0.590. The molecule has 4 nitrogen and oxygen atoms in total. The molecule has 1 saturated heterocycles. The van der Waals surface area contributed by atoms with Crippen molar-refractivity contribution in [3.05, 3.63) is 0 Å². The van der Waals surface area contributed by atoms with Gasteiger partial charge in [-0.1, -0.05) is 0 Å². The highest BCUT2D eigenvalue weighted by molar-refractivity contribution is 5.75. The van der Waals surface area contributed by atoms with E-state index in [1.54, 1.807) is 0 Å². The molecule has 1 aliphatic rings. The van der Waals surface area contributed by atoms with Crippen LogP contribution in [0, 0.1) is 5.92 Å². The third-order valence-electron chi connectivity index (χ3n) is 2.46. The summed E-state index contributed by atoms with van der Waals surface area (Å²) in [5.41, 5.74) is 0. The zero-order valence-electron chi connectivity index (χ0n) is 8.75. The lowest BCUT2D eigenvalue weighted by Gasteiger charge is -2.35. The molecular formula is C8H9F6NO3. The number of hydrogen-bond donors (Lipinski definition) is 1. The molecule has 18 heavy (non-hydrogen) atoms. The highest BCUT2D eigenvalue weighted by Crippen LogP contribution is 2.36. The number of carbonyl (C=O) groups is 1. The van der Waals surface area contributed by atoms with Gasteiger partial charge in [-0.25, -0.2) is 4.79 Å². The molecule has 1 heterocycles. The molecule has 0 aromatic carbocycles. The Bertz CT molecular complexity index is 315. The summed E-state index contributed by atoms with van der Waals surface area (Å²) < 4.78 is 76.5. The third kappa shape index (κ3) is 3.73. The fourth-order valence-electron chi connectivity index (χ4n) is 1.51. The third-order valence-corrected chi connectivity index (χ3v) is 2.46. The number of alkyl halides is 6.